The van der Waals surface area contributed by atoms with Crippen molar-refractivity contribution in [1.82, 2.24) is 25.0 Å². The molecule has 4 heterocycles. The highest BCUT2D eigenvalue weighted by Gasteiger charge is 2.57. The molecule has 3 amide bonds. The van der Waals surface area contributed by atoms with Gasteiger partial charge in [0.25, 0.3) is 11.8 Å². The van der Waals surface area contributed by atoms with Crippen LogP contribution < -0.4 is 15.5 Å². The molecule has 51 heavy (non-hydrogen) atoms. The van der Waals surface area contributed by atoms with Crippen molar-refractivity contribution in [3.8, 4) is 0 Å². The number of carbonyl (C=O) groups is 4. The third-order valence-electron chi connectivity index (χ3n) is 10.7. The van der Waals surface area contributed by atoms with Crippen LogP contribution in [0, 0.1) is 28.9 Å². The van der Waals surface area contributed by atoms with Crippen LogP contribution in [0.2, 0.25) is 0 Å². The van der Waals surface area contributed by atoms with Crippen LogP contribution in [0.3, 0.4) is 0 Å². The van der Waals surface area contributed by atoms with Gasteiger partial charge in [-0.05, 0) is 91.8 Å². The Hall–Kier alpha value is -5.78. The first-order chi connectivity index (χ1) is 24.7. The molecule has 0 bridgehead atoms. The number of pyridine rings is 2. The molecule has 3 aliphatic rings. The second-order valence-corrected chi connectivity index (χ2v) is 13.8. The Morgan fingerprint density at radius 3 is 2.51 bits per heavy atom. The van der Waals surface area contributed by atoms with Gasteiger partial charge in [0.1, 0.15) is 28.9 Å². The van der Waals surface area contributed by atoms with E-state index in [1.807, 2.05) is 30.3 Å². The zero-order valence-electron chi connectivity index (χ0n) is 27.5. The largest absolute Gasteiger partial charge is 0.348 e. The molecule has 12 heteroatoms. The van der Waals surface area contributed by atoms with E-state index in [4.69, 9.17) is 0 Å². The number of benzene rings is 2. The fourth-order valence-corrected chi connectivity index (χ4v) is 7.81. The fourth-order valence-electron chi connectivity index (χ4n) is 7.81. The van der Waals surface area contributed by atoms with Crippen molar-refractivity contribution in [2.75, 3.05) is 4.90 Å². The standard InChI is InChI=1S/C39H34F2N6O4/c40-26-9-10-33-45-32(22-46(33)21-26)37(50)44-28-11-13-39(14-12-28)18-25(39)16-31-34(48)30-17-27(41)20-42-35(30)47(38(31)51)29-8-4-7-24(15-29)36(49)43-19-23-5-2-1-3-6-23/h1-10,15,17,20-22,25,28,31H,11-14,16,18-19H2,(H,43,49)(H,44,50). The van der Waals surface area contributed by atoms with E-state index in [9.17, 15) is 28.0 Å². The van der Waals surface area contributed by atoms with Crippen LogP contribution in [0.5, 0.6) is 0 Å². The molecule has 2 atom stereocenters. The highest BCUT2D eigenvalue weighted by Crippen LogP contribution is 2.64. The van der Waals surface area contributed by atoms with Gasteiger partial charge >= 0.3 is 0 Å². The molecule has 10 nitrogen and oxygen atoms in total. The molecular weight excluding hydrogens is 654 g/mol. The summed E-state index contributed by atoms with van der Waals surface area (Å²) in [6.45, 7) is 0.327. The van der Waals surface area contributed by atoms with Gasteiger partial charge < -0.3 is 15.0 Å². The topological polar surface area (TPSA) is 126 Å². The predicted molar refractivity (Wildman–Crippen MR) is 183 cm³/mol. The number of rotatable bonds is 8. The molecule has 5 aromatic rings. The molecule has 2 aromatic carbocycles. The van der Waals surface area contributed by atoms with E-state index < -0.39 is 29.2 Å². The van der Waals surface area contributed by atoms with Gasteiger partial charge in [0.05, 0.1) is 17.4 Å². The lowest BCUT2D eigenvalue weighted by atomic mass is 9.79. The minimum absolute atomic E-state index is 0.0364. The average Bonchev–Trinajstić information content (AvgIpc) is 3.62. The smallest absolute Gasteiger partial charge is 0.271 e. The molecule has 2 N–H and O–H groups in total. The maximum absolute atomic E-state index is 14.5. The number of anilines is 2. The molecule has 3 aromatic heterocycles. The number of imidazole rings is 1. The Morgan fingerprint density at radius 1 is 0.902 bits per heavy atom. The van der Waals surface area contributed by atoms with Crippen LogP contribution in [-0.4, -0.2) is 43.9 Å². The van der Waals surface area contributed by atoms with Crippen molar-refractivity contribution in [1.29, 1.82) is 0 Å². The molecule has 2 aliphatic carbocycles. The first kappa shape index (κ1) is 32.4. The van der Waals surface area contributed by atoms with Gasteiger partial charge in [0, 0.05) is 30.5 Å². The second-order valence-electron chi connectivity index (χ2n) is 13.8. The van der Waals surface area contributed by atoms with Crippen LogP contribution in [-0.2, 0) is 11.3 Å². The van der Waals surface area contributed by atoms with Crippen molar-refractivity contribution >= 4 is 40.7 Å². The van der Waals surface area contributed by atoms with Gasteiger partial charge in [-0.15, -0.1) is 0 Å². The fraction of sp³-hybridized carbons (Fsp3) is 0.282. The first-order valence-corrected chi connectivity index (χ1v) is 17.1. The monoisotopic (exact) mass is 688 g/mol. The Bertz CT molecular complexity index is 2200. The molecule has 2 unspecified atom stereocenters. The van der Waals surface area contributed by atoms with Crippen LogP contribution in [0.15, 0.2) is 91.4 Å². The summed E-state index contributed by atoms with van der Waals surface area (Å²) in [4.78, 5) is 63.8. The van der Waals surface area contributed by atoms with E-state index in [-0.39, 0.29) is 46.3 Å². The molecule has 258 valence electrons. The Labute approximate surface area is 291 Å². The normalized spacial score (nSPS) is 22.5. The van der Waals surface area contributed by atoms with Crippen molar-refractivity contribution < 1.29 is 28.0 Å². The maximum Gasteiger partial charge on any atom is 0.271 e. The van der Waals surface area contributed by atoms with Gasteiger partial charge in [0.2, 0.25) is 5.91 Å². The van der Waals surface area contributed by atoms with Crippen LogP contribution in [0.25, 0.3) is 5.65 Å². The van der Waals surface area contributed by atoms with Crippen LogP contribution >= 0.6 is 0 Å². The van der Waals surface area contributed by atoms with Crippen molar-refractivity contribution in [2.45, 2.75) is 51.1 Å². The quantitative estimate of drug-likeness (QED) is 0.188. The molecule has 8 rings (SSSR count). The lowest BCUT2D eigenvalue weighted by Crippen LogP contribution is -2.43. The number of fused-ring (bicyclic) bond motifs is 2. The number of halogens is 2. The molecule has 0 radical (unpaired) electrons. The summed E-state index contributed by atoms with van der Waals surface area (Å²) in [6.07, 6.45) is 8.05. The van der Waals surface area contributed by atoms with Crippen molar-refractivity contribution in [3.05, 3.63) is 125 Å². The third-order valence-corrected chi connectivity index (χ3v) is 10.7. The molecule has 2 fully saturated rings. The molecule has 1 aliphatic heterocycles. The summed E-state index contributed by atoms with van der Waals surface area (Å²) >= 11 is 0. The zero-order valence-corrected chi connectivity index (χ0v) is 27.5. The highest BCUT2D eigenvalue weighted by atomic mass is 19.1. The first-order valence-electron chi connectivity index (χ1n) is 17.1. The van der Waals surface area contributed by atoms with Gasteiger partial charge in [-0.3, -0.25) is 24.1 Å². The number of nitrogens with zero attached hydrogens (tertiary/aromatic N) is 4. The molecule has 0 saturated heterocycles. The minimum Gasteiger partial charge on any atom is -0.348 e. The lowest BCUT2D eigenvalue weighted by Gasteiger charge is -2.34. The van der Waals surface area contributed by atoms with Crippen LogP contribution in [0.4, 0.5) is 20.3 Å². The summed E-state index contributed by atoms with van der Waals surface area (Å²) in [7, 11) is 0. The van der Waals surface area contributed by atoms with E-state index in [1.54, 1.807) is 24.3 Å². The predicted octanol–water partition coefficient (Wildman–Crippen LogP) is 6.18. The number of amides is 3. The summed E-state index contributed by atoms with van der Waals surface area (Å²) in [5.74, 6) is -3.53. The third kappa shape index (κ3) is 6.26. The van der Waals surface area contributed by atoms with E-state index in [0.717, 1.165) is 49.9 Å². The maximum atomic E-state index is 14.5. The number of carbonyl (C=O) groups excluding carboxylic acids is 4. The van der Waals surface area contributed by atoms with Crippen molar-refractivity contribution in [3.63, 3.8) is 0 Å². The number of hydrogen-bond acceptors (Lipinski definition) is 6. The van der Waals surface area contributed by atoms with Crippen molar-refractivity contribution in [2.24, 2.45) is 17.3 Å². The van der Waals surface area contributed by atoms with Gasteiger partial charge in [0.15, 0.2) is 11.6 Å². The van der Waals surface area contributed by atoms with Gasteiger partial charge in [-0.25, -0.2) is 18.7 Å². The SMILES string of the molecule is O=C(NCc1ccccc1)c1cccc(N2C(=O)C(CC3CC34CCC(NC(=O)c3cn5cc(F)ccc5n3)CC4)C(=O)c3cc(F)cnc32)c1. The summed E-state index contributed by atoms with van der Waals surface area (Å²) in [5.41, 5.74) is 2.32. The Kier molecular flexibility index (Phi) is 8.16. The zero-order chi connectivity index (χ0) is 35.3. The number of ketones is 1. The van der Waals surface area contributed by atoms with E-state index in [2.05, 4.69) is 20.6 Å². The van der Waals surface area contributed by atoms with Gasteiger partial charge in [-0.1, -0.05) is 36.4 Å². The summed E-state index contributed by atoms with van der Waals surface area (Å²) in [6, 6.07) is 19.9. The molecular formula is C39H34F2N6O4. The van der Waals surface area contributed by atoms with Crippen LogP contribution in [0.1, 0.15) is 75.3 Å². The van der Waals surface area contributed by atoms with Gasteiger partial charge in [-0.2, -0.15) is 0 Å². The van der Waals surface area contributed by atoms with E-state index >= 15 is 0 Å². The highest BCUT2D eigenvalue weighted by molar-refractivity contribution is 6.23. The van der Waals surface area contributed by atoms with E-state index in [1.165, 1.54) is 33.8 Å². The molecule has 1 spiro atoms. The number of Topliss-reactive ketones (excluding diaryl/α,β-unsaturated/α-hetero) is 1. The minimum atomic E-state index is -1.03. The second kappa shape index (κ2) is 12.8. The Balaban J connectivity index is 0.949. The lowest BCUT2D eigenvalue weighted by molar-refractivity contribution is -0.120. The van der Waals surface area contributed by atoms with E-state index in [0.29, 0.717) is 29.9 Å². The summed E-state index contributed by atoms with van der Waals surface area (Å²) in [5, 5.41) is 5.95. The summed E-state index contributed by atoms with van der Waals surface area (Å²) < 4.78 is 29.5. The molecule has 2 saturated carbocycles. The number of aromatic nitrogens is 3. The number of nitrogens with one attached hydrogen (secondary N) is 2. The average molecular weight is 689 g/mol. The number of hydrogen-bond donors (Lipinski definition) is 2. The Morgan fingerprint density at radius 2 is 1.71 bits per heavy atom.